The van der Waals surface area contributed by atoms with Gasteiger partial charge in [-0.15, -0.1) is 0 Å². The number of nitrogens with one attached hydrogen (secondary N) is 1. The minimum Gasteiger partial charge on any atom is -0.508 e. The molecule has 0 aromatic heterocycles. The SMILES string of the molecule is CNCCc1ccc(O)c(CN(CCN(CC(=O)O)Cc2cc(CCC(=O)O)ccc2O)CC(=O)O)c1. The number of phenols is 2. The minimum absolute atomic E-state index is 0.0415. The molecule has 2 rings (SSSR count). The summed E-state index contributed by atoms with van der Waals surface area (Å²) in [5.41, 5.74) is 2.71. The van der Waals surface area contributed by atoms with Crippen LogP contribution in [0.25, 0.3) is 0 Å². The first-order valence-electron chi connectivity index (χ1n) is 11.9. The van der Waals surface area contributed by atoms with Gasteiger partial charge in [0.2, 0.25) is 0 Å². The second-order valence-corrected chi connectivity index (χ2v) is 8.88. The maximum Gasteiger partial charge on any atom is 0.317 e. The lowest BCUT2D eigenvalue weighted by molar-refractivity contribution is -0.140. The summed E-state index contributed by atoms with van der Waals surface area (Å²) >= 11 is 0. The molecule has 0 fully saturated rings. The van der Waals surface area contributed by atoms with Crippen LogP contribution in [0.15, 0.2) is 36.4 Å². The fourth-order valence-electron chi connectivity index (χ4n) is 3.94. The normalized spacial score (nSPS) is 11.2. The molecule has 0 radical (unpaired) electrons. The monoisotopic (exact) mass is 517 g/mol. The molecule has 0 aliphatic rings. The van der Waals surface area contributed by atoms with E-state index in [0.29, 0.717) is 16.7 Å². The second-order valence-electron chi connectivity index (χ2n) is 8.88. The highest BCUT2D eigenvalue weighted by Crippen LogP contribution is 2.23. The number of likely N-dealkylation sites (N-methyl/N-ethyl adjacent to an activating group) is 1. The lowest BCUT2D eigenvalue weighted by Crippen LogP contribution is -2.39. The molecular formula is C26H35N3O8. The van der Waals surface area contributed by atoms with E-state index in [-0.39, 0.29) is 63.6 Å². The van der Waals surface area contributed by atoms with Crippen LogP contribution in [0.5, 0.6) is 11.5 Å². The summed E-state index contributed by atoms with van der Waals surface area (Å²) in [6, 6.07) is 9.94. The molecule has 0 aliphatic heterocycles. The van der Waals surface area contributed by atoms with E-state index in [9.17, 15) is 34.8 Å². The molecule has 11 heteroatoms. The number of benzene rings is 2. The first-order chi connectivity index (χ1) is 17.6. The van der Waals surface area contributed by atoms with Crippen LogP contribution in [0.2, 0.25) is 0 Å². The van der Waals surface area contributed by atoms with E-state index >= 15 is 0 Å². The number of aromatic hydroxyl groups is 2. The Kier molecular flexibility index (Phi) is 11.8. The Labute approximate surface area is 215 Å². The van der Waals surface area contributed by atoms with Gasteiger partial charge in [0.1, 0.15) is 11.5 Å². The van der Waals surface area contributed by atoms with Gasteiger partial charge in [-0.25, -0.2) is 0 Å². The highest BCUT2D eigenvalue weighted by molar-refractivity contribution is 5.69. The maximum absolute atomic E-state index is 11.5. The third-order valence-corrected chi connectivity index (χ3v) is 5.82. The summed E-state index contributed by atoms with van der Waals surface area (Å²) in [5, 5.41) is 51.4. The first-order valence-corrected chi connectivity index (χ1v) is 11.9. The molecule has 0 unspecified atom stereocenters. The molecule has 0 spiro atoms. The van der Waals surface area contributed by atoms with Crippen molar-refractivity contribution in [1.82, 2.24) is 15.1 Å². The average Bonchev–Trinajstić information content (AvgIpc) is 2.82. The Morgan fingerprint density at radius 2 is 1.19 bits per heavy atom. The Morgan fingerprint density at radius 1 is 0.730 bits per heavy atom. The van der Waals surface area contributed by atoms with Crippen LogP contribution < -0.4 is 5.32 Å². The number of rotatable bonds is 17. The Hall–Kier alpha value is -3.67. The quantitative estimate of drug-likeness (QED) is 0.179. The van der Waals surface area contributed by atoms with Crippen molar-refractivity contribution < 1.29 is 39.9 Å². The molecule has 0 aliphatic carbocycles. The molecule has 6 N–H and O–H groups in total. The summed E-state index contributed by atoms with van der Waals surface area (Å²) in [6.07, 6.45) is 0.936. The summed E-state index contributed by atoms with van der Waals surface area (Å²) in [6.45, 7) is 0.698. The fourth-order valence-corrected chi connectivity index (χ4v) is 3.94. The zero-order valence-corrected chi connectivity index (χ0v) is 20.9. The van der Waals surface area contributed by atoms with Gasteiger partial charge in [0, 0.05) is 43.7 Å². The van der Waals surface area contributed by atoms with E-state index in [4.69, 9.17) is 5.11 Å². The van der Waals surface area contributed by atoms with Crippen LogP contribution in [0.3, 0.4) is 0 Å². The number of aliphatic carboxylic acids is 3. The molecule has 0 amide bonds. The highest BCUT2D eigenvalue weighted by Gasteiger charge is 2.18. The lowest BCUT2D eigenvalue weighted by atomic mass is 10.0. The standard InChI is InChI=1S/C26H35N3O8/c1-27-9-8-19-3-6-23(31)21(13-19)15-29(17-26(36)37)11-10-28(16-25(34)35)14-20-12-18(2-5-22(20)30)4-7-24(32)33/h2-3,5-6,12-13,27,30-31H,4,7-11,14-17H2,1H3,(H,32,33)(H,34,35)(H,36,37). The predicted octanol–water partition coefficient (Wildman–Crippen LogP) is 1.35. The van der Waals surface area contributed by atoms with Crippen LogP contribution in [0, 0.1) is 0 Å². The Bertz CT molecular complexity index is 1080. The number of carboxylic acids is 3. The maximum atomic E-state index is 11.5. The Morgan fingerprint density at radius 3 is 1.59 bits per heavy atom. The summed E-state index contributed by atoms with van der Waals surface area (Å²) < 4.78 is 0. The minimum atomic E-state index is -1.08. The van der Waals surface area contributed by atoms with Crippen LogP contribution in [0.1, 0.15) is 28.7 Å². The molecule has 2 aromatic carbocycles. The Balaban J connectivity index is 2.16. The molecule has 0 saturated heterocycles. The topological polar surface area (TPSA) is 171 Å². The molecule has 11 nitrogen and oxygen atoms in total. The van der Waals surface area contributed by atoms with Crippen molar-refractivity contribution in [2.75, 3.05) is 39.8 Å². The number of hydrogen-bond acceptors (Lipinski definition) is 8. The molecule has 202 valence electrons. The van der Waals surface area contributed by atoms with E-state index in [0.717, 1.165) is 18.5 Å². The summed E-state index contributed by atoms with van der Waals surface area (Å²) in [4.78, 5) is 37.1. The van der Waals surface area contributed by atoms with E-state index in [1.54, 1.807) is 28.0 Å². The summed E-state index contributed by atoms with van der Waals surface area (Å²) in [7, 11) is 1.84. The van der Waals surface area contributed by atoms with Gasteiger partial charge in [0.05, 0.1) is 13.1 Å². The second kappa shape index (κ2) is 14.8. The van der Waals surface area contributed by atoms with E-state index in [1.165, 1.54) is 6.07 Å². The number of carboxylic acid groups (broad SMARTS) is 3. The molecule has 0 heterocycles. The van der Waals surface area contributed by atoms with Gasteiger partial charge in [-0.3, -0.25) is 24.2 Å². The van der Waals surface area contributed by atoms with Gasteiger partial charge < -0.3 is 30.8 Å². The number of nitrogens with zero attached hydrogens (tertiary/aromatic N) is 2. The van der Waals surface area contributed by atoms with Crippen molar-refractivity contribution >= 4 is 17.9 Å². The number of phenolic OH excluding ortho intramolecular Hbond substituents is 2. The van der Waals surface area contributed by atoms with Crippen molar-refractivity contribution in [3.8, 4) is 11.5 Å². The van der Waals surface area contributed by atoms with Crippen LogP contribution in [-0.2, 0) is 40.3 Å². The van der Waals surface area contributed by atoms with Gasteiger partial charge in [0.15, 0.2) is 0 Å². The fraction of sp³-hybridized carbons (Fsp3) is 0.423. The van der Waals surface area contributed by atoms with E-state index < -0.39 is 17.9 Å². The number of carbonyl (C=O) groups is 3. The largest absolute Gasteiger partial charge is 0.508 e. The molecule has 37 heavy (non-hydrogen) atoms. The van der Waals surface area contributed by atoms with E-state index in [1.807, 2.05) is 19.2 Å². The molecular weight excluding hydrogens is 482 g/mol. The first kappa shape index (κ1) is 29.6. The van der Waals surface area contributed by atoms with Gasteiger partial charge in [-0.2, -0.15) is 0 Å². The van der Waals surface area contributed by atoms with Crippen molar-refractivity contribution in [1.29, 1.82) is 0 Å². The van der Waals surface area contributed by atoms with Gasteiger partial charge >= 0.3 is 17.9 Å². The van der Waals surface area contributed by atoms with Crippen molar-refractivity contribution in [2.24, 2.45) is 0 Å². The highest BCUT2D eigenvalue weighted by atomic mass is 16.4. The van der Waals surface area contributed by atoms with Crippen molar-refractivity contribution in [3.63, 3.8) is 0 Å². The molecule has 0 bridgehead atoms. The van der Waals surface area contributed by atoms with Crippen LogP contribution >= 0.6 is 0 Å². The van der Waals surface area contributed by atoms with Gasteiger partial charge in [0.25, 0.3) is 0 Å². The molecule has 2 aromatic rings. The molecule has 0 atom stereocenters. The molecule has 0 saturated carbocycles. The van der Waals surface area contributed by atoms with E-state index in [2.05, 4.69) is 5.32 Å². The average molecular weight is 518 g/mol. The lowest BCUT2D eigenvalue weighted by Gasteiger charge is -2.26. The van der Waals surface area contributed by atoms with Crippen LogP contribution in [0.4, 0.5) is 0 Å². The zero-order valence-electron chi connectivity index (χ0n) is 20.9. The number of aryl methyl sites for hydroxylation is 1. The van der Waals surface area contributed by atoms with Crippen molar-refractivity contribution in [2.45, 2.75) is 32.4 Å². The van der Waals surface area contributed by atoms with Gasteiger partial charge in [-0.1, -0.05) is 24.3 Å². The smallest absolute Gasteiger partial charge is 0.317 e. The third-order valence-electron chi connectivity index (χ3n) is 5.82. The zero-order chi connectivity index (χ0) is 27.4. The van der Waals surface area contributed by atoms with Gasteiger partial charge in [-0.05, 0) is 49.7 Å². The van der Waals surface area contributed by atoms with Crippen LogP contribution in [-0.4, -0.2) is 93.0 Å². The number of hydrogen-bond donors (Lipinski definition) is 6. The predicted molar refractivity (Wildman–Crippen MR) is 136 cm³/mol. The third kappa shape index (κ3) is 10.9. The van der Waals surface area contributed by atoms with Crippen molar-refractivity contribution in [3.05, 3.63) is 58.7 Å². The summed E-state index contributed by atoms with van der Waals surface area (Å²) in [5.74, 6) is -3.07.